The number of nitrogens with two attached hydrogens (primary N) is 2. The zero-order chi connectivity index (χ0) is 57.4. The molecule has 8 amide bonds. The second kappa shape index (κ2) is 40.9. The zero-order valence-corrected chi connectivity index (χ0v) is 44.0. The Morgan fingerprint density at radius 3 is 1.36 bits per heavy atom. The van der Waals surface area contributed by atoms with Crippen LogP contribution in [0.5, 0.6) is 0 Å². The number of nitrogens with zero attached hydrogens (tertiary/aromatic N) is 2. The van der Waals surface area contributed by atoms with E-state index in [9.17, 15) is 63.0 Å². The minimum absolute atomic E-state index is 0.0556. The molecule has 76 heavy (non-hydrogen) atoms. The quantitative estimate of drug-likeness (QED) is 0.0276. The fourth-order valence-corrected chi connectivity index (χ4v) is 8.03. The summed E-state index contributed by atoms with van der Waals surface area (Å²) in [6.45, 7) is 4.10. The van der Waals surface area contributed by atoms with Crippen LogP contribution in [0.25, 0.3) is 0 Å². The molecule has 0 bridgehead atoms. The highest BCUT2D eigenvalue weighted by Crippen LogP contribution is 2.24. The van der Waals surface area contributed by atoms with Crippen molar-refractivity contribution in [3.63, 3.8) is 0 Å². The van der Waals surface area contributed by atoms with E-state index in [0.29, 0.717) is 32.2 Å². The third-order valence-corrected chi connectivity index (χ3v) is 11.9. The molecule has 5 atom stereocenters. The first-order valence-electron chi connectivity index (χ1n) is 23.8. The minimum atomic E-state index is -1.79. The predicted molar refractivity (Wildman–Crippen MR) is 278 cm³/mol. The summed E-state index contributed by atoms with van der Waals surface area (Å²) in [7, 11) is 1.84. The van der Waals surface area contributed by atoms with Crippen molar-refractivity contribution in [3.8, 4) is 0 Å². The van der Waals surface area contributed by atoms with Gasteiger partial charge in [-0.15, -0.1) is 0 Å². The Hall–Kier alpha value is -7.44. The summed E-state index contributed by atoms with van der Waals surface area (Å²) in [4.78, 5) is 156. The van der Waals surface area contributed by atoms with Gasteiger partial charge in [-0.1, -0.05) is 66.8 Å². The number of aromatic nitrogens is 2. The van der Waals surface area contributed by atoms with Crippen molar-refractivity contribution in [2.45, 2.75) is 109 Å². The molecule has 422 valence electrons. The van der Waals surface area contributed by atoms with E-state index >= 15 is 0 Å². The van der Waals surface area contributed by atoms with E-state index in [1.807, 2.05) is 6.92 Å². The van der Waals surface area contributed by atoms with Crippen LogP contribution in [-0.4, -0.2) is 176 Å². The lowest BCUT2D eigenvalue weighted by atomic mass is 10.1. The largest absolute Gasteiger partial charge is 0.481 e. The van der Waals surface area contributed by atoms with Gasteiger partial charge < -0.3 is 74.4 Å². The highest BCUT2D eigenvalue weighted by Gasteiger charge is 2.31. The third-order valence-electron chi connectivity index (χ3n) is 9.50. The average molecular weight is 1110 g/mol. The fourth-order valence-electron chi connectivity index (χ4n) is 5.70. The number of hydrogen-bond donors (Lipinski definition) is 14. The Morgan fingerprint density at radius 1 is 0.513 bits per heavy atom. The molecule has 2 aromatic rings. The lowest BCUT2D eigenvalue weighted by Gasteiger charge is -2.23. The SMILES string of the molecule is CC(=O)O.CCCCC(NC(=O)CNC(=O)C(CSSC[C@H](NC(=O)c1ccccn1)C(=O)NC(CC(=O)O)C(=O)NCC(=O)NC(CCCCN)C(=O)O)NC(=O)c1ccccn1)C(=O)NCC(=O)O.CCCCN. The molecule has 2 heterocycles. The van der Waals surface area contributed by atoms with Gasteiger partial charge in [0.2, 0.25) is 35.4 Å². The van der Waals surface area contributed by atoms with Crippen molar-refractivity contribution >= 4 is 92.7 Å². The molecular formula is C46H70N12O16S2. The van der Waals surface area contributed by atoms with Crippen LogP contribution in [0.4, 0.5) is 0 Å². The molecule has 0 aliphatic heterocycles. The molecule has 4 unspecified atom stereocenters. The van der Waals surface area contributed by atoms with Crippen LogP contribution in [0.15, 0.2) is 48.8 Å². The summed E-state index contributed by atoms with van der Waals surface area (Å²) in [6.07, 6.45) is 6.37. The van der Waals surface area contributed by atoms with Crippen LogP contribution in [0.1, 0.15) is 99.5 Å². The Balaban J connectivity index is 0.00000574. The molecule has 0 fully saturated rings. The molecule has 0 aliphatic carbocycles. The maximum absolute atomic E-state index is 13.7. The maximum Gasteiger partial charge on any atom is 0.326 e. The normalized spacial score (nSPS) is 12.2. The van der Waals surface area contributed by atoms with Gasteiger partial charge in [0.05, 0.1) is 19.5 Å². The summed E-state index contributed by atoms with van der Waals surface area (Å²) >= 11 is 0. The molecule has 0 radical (unpaired) electrons. The maximum atomic E-state index is 13.7. The topological polar surface area (TPSA) is 460 Å². The Bertz CT molecular complexity index is 2180. The summed E-state index contributed by atoms with van der Waals surface area (Å²) in [6, 6.07) is 1.80. The van der Waals surface area contributed by atoms with Crippen molar-refractivity contribution in [3.05, 3.63) is 60.2 Å². The van der Waals surface area contributed by atoms with Gasteiger partial charge >= 0.3 is 17.9 Å². The molecule has 0 saturated heterocycles. The van der Waals surface area contributed by atoms with Crippen LogP contribution in [-0.2, 0) is 47.9 Å². The number of amides is 8. The van der Waals surface area contributed by atoms with Gasteiger partial charge in [-0.3, -0.25) is 62.7 Å². The first-order valence-corrected chi connectivity index (χ1v) is 26.3. The van der Waals surface area contributed by atoms with Gasteiger partial charge in [0.15, 0.2) is 0 Å². The van der Waals surface area contributed by atoms with E-state index in [0.717, 1.165) is 35.1 Å². The summed E-state index contributed by atoms with van der Waals surface area (Å²) in [5.41, 5.74) is 10.4. The monoisotopic (exact) mass is 1110 g/mol. The van der Waals surface area contributed by atoms with E-state index in [4.69, 9.17) is 26.5 Å². The fraction of sp³-hybridized carbons (Fsp3) is 0.522. The van der Waals surface area contributed by atoms with Crippen molar-refractivity contribution in [1.29, 1.82) is 0 Å². The second-order valence-electron chi connectivity index (χ2n) is 15.9. The molecule has 0 saturated carbocycles. The number of carboxylic acid groups (broad SMARTS) is 4. The Morgan fingerprint density at radius 2 is 0.947 bits per heavy atom. The lowest BCUT2D eigenvalue weighted by Crippen LogP contribution is -2.56. The highest BCUT2D eigenvalue weighted by atomic mass is 33.1. The van der Waals surface area contributed by atoms with Gasteiger partial charge in [-0.2, -0.15) is 0 Å². The van der Waals surface area contributed by atoms with Crippen molar-refractivity contribution in [1.82, 2.24) is 52.5 Å². The molecule has 0 aliphatic rings. The Kier molecular flexibility index (Phi) is 36.9. The standard InChI is InChI=1S/C40H55N11O14S2.C4H11N.C2H4O2/c1-2-3-10-25(34(58)46-20-33(56)57)47-30(52)18-45-36(60)28(50-37(61)23-11-5-8-15-42-23)21-66-67-22-29(51-38(62)24-12-6-9-16-43-24)39(63)49-27(17-32(54)55)35(59)44-19-31(53)48-26(40(64)65)13-4-7-14-41;1-2-3-4-5;1-2(3)4/h5-6,8-9,11-12,15-16,25-29H,2-4,7,10,13-14,17-22,41H2,1H3,(H,44,59)(H,45,60)(H,46,58)(H,47,52)(H,48,53)(H,49,63)(H,50,61)(H,51,62)(H,54,55)(H,56,57)(H,64,65);2-5H2,1H3;1H3,(H,3,4)/t25?,26?,27?,28?,29-;;/m0../s1. The van der Waals surface area contributed by atoms with E-state index in [1.165, 1.54) is 55.6 Å². The van der Waals surface area contributed by atoms with E-state index in [2.05, 4.69) is 59.4 Å². The zero-order valence-electron chi connectivity index (χ0n) is 42.4. The van der Waals surface area contributed by atoms with E-state index in [1.54, 1.807) is 6.07 Å². The van der Waals surface area contributed by atoms with Crippen molar-refractivity contribution < 1.29 is 78.0 Å². The molecule has 0 aromatic carbocycles. The van der Waals surface area contributed by atoms with Crippen molar-refractivity contribution in [2.24, 2.45) is 11.5 Å². The number of carbonyl (C=O) groups is 12. The molecule has 0 spiro atoms. The number of carbonyl (C=O) groups excluding carboxylic acids is 8. The number of carboxylic acids is 4. The first-order chi connectivity index (χ1) is 36.1. The third kappa shape index (κ3) is 32.7. The summed E-state index contributed by atoms with van der Waals surface area (Å²) in [5, 5.41) is 54.0. The molecule has 28 nitrogen and oxygen atoms in total. The summed E-state index contributed by atoms with van der Waals surface area (Å²) in [5.74, 6) is -12.6. The van der Waals surface area contributed by atoms with Gasteiger partial charge in [-0.25, -0.2) is 4.79 Å². The second-order valence-corrected chi connectivity index (χ2v) is 18.5. The molecule has 30 heteroatoms. The van der Waals surface area contributed by atoms with Crippen LogP contribution in [0, 0.1) is 0 Å². The molecular weight excluding hydrogens is 1040 g/mol. The first kappa shape index (κ1) is 68.6. The van der Waals surface area contributed by atoms with Gasteiger partial charge in [0.1, 0.15) is 48.1 Å². The smallest absolute Gasteiger partial charge is 0.326 e. The number of nitrogens with one attached hydrogen (secondary N) is 8. The number of unbranched alkanes of at least 4 members (excludes halogenated alkanes) is 3. The van der Waals surface area contributed by atoms with Crippen molar-refractivity contribution in [2.75, 3.05) is 44.2 Å². The lowest BCUT2D eigenvalue weighted by molar-refractivity contribution is -0.142. The molecule has 2 rings (SSSR count). The van der Waals surface area contributed by atoms with E-state index < -0.39 is 127 Å². The van der Waals surface area contributed by atoms with Gasteiger partial charge in [-0.05, 0) is 69.5 Å². The molecule has 16 N–H and O–H groups in total. The van der Waals surface area contributed by atoms with Gasteiger partial charge in [0, 0.05) is 30.8 Å². The minimum Gasteiger partial charge on any atom is -0.481 e. The van der Waals surface area contributed by atoms with Crippen LogP contribution in [0.3, 0.4) is 0 Å². The van der Waals surface area contributed by atoms with E-state index in [-0.39, 0.29) is 35.7 Å². The highest BCUT2D eigenvalue weighted by molar-refractivity contribution is 8.76. The molecule has 2 aromatic heterocycles. The average Bonchev–Trinajstić information content (AvgIpc) is 3.38. The number of pyridine rings is 2. The summed E-state index contributed by atoms with van der Waals surface area (Å²) < 4.78 is 0. The van der Waals surface area contributed by atoms with Crippen LogP contribution in [0.2, 0.25) is 0 Å². The Labute approximate surface area is 446 Å². The number of aliphatic carboxylic acids is 4. The predicted octanol–water partition coefficient (Wildman–Crippen LogP) is -1.64. The number of hydrogen-bond acceptors (Lipinski definition) is 18. The van der Waals surface area contributed by atoms with Crippen LogP contribution >= 0.6 is 21.6 Å². The van der Waals surface area contributed by atoms with Crippen LogP contribution < -0.4 is 54.0 Å². The number of rotatable bonds is 34. The van der Waals surface area contributed by atoms with Gasteiger partial charge in [0.25, 0.3) is 17.8 Å².